The lowest BCUT2D eigenvalue weighted by atomic mass is 10.4. The van der Waals surface area contributed by atoms with Gasteiger partial charge in [-0.2, -0.15) is 0 Å². The molecule has 0 aromatic carbocycles. The summed E-state index contributed by atoms with van der Waals surface area (Å²) >= 11 is 0. The van der Waals surface area contributed by atoms with Crippen molar-refractivity contribution in [2.24, 2.45) is 5.73 Å². The molecule has 78 valence electrons. The Hall–Kier alpha value is 0.0200. The van der Waals surface area contributed by atoms with Gasteiger partial charge in [0.05, 0.1) is 0 Å². The van der Waals surface area contributed by atoms with Crippen molar-refractivity contribution in [2.45, 2.75) is 26.2 Å². The minimum atomic E-state index is -0.977. The molecule has 0 spiro atoms. The summed E-state index contributed by atoms with van der Waals surface area (Å²) in [4.78, 5) is 0. The van der Waals surface area contributed by atoms with Crippen LogP contribution < -0.4 is 11.1 Å². The zero-order chi connectivity index (χ0) is 9.94. The molecule has 0 fully saturated rings. The van der Waals surface area contributed by atoms with E-state index < -0.39 is 7.80 Å². The fraction of sp³-hybridized carbons (Fsp3) is 1.00. The predicted octanol–water partition coefficient (Wildman–Crippen LogP) is 1.55. The second kappa shape index (κ2) is 10.1. The Morgan fingerprint density at radius 2 is 1.92 bits per heavy atom. The molecule has 0 amide bonds. The average Bonchev–Trinajstić information content (AvgIpc) is 2.14. The Morgan fingerprint density at radius 1 is 1.23 bits per heavy atom. The highest BCUT2D eigenvalue weighted by Gasteiger charge is 2.12. The van der Waals surface area contributed by atoms with Crippen molar-refractivity contribution in [1.29, 1.82) is 0 Å². The van der Waals surface area contributed by atoms with E-state index in [1.807, 2.05) is 0 Å². The van der Waals surface area contributed by atoms with Crippen LogP contribution in [0.4, 0.5) is 0 Å². The largest absolute Gasteiger partial charge is 0.338 e. The van der Waals surface area contributed by atoms with Gasteiger partial charge in [0.2, 0.25) is 0 Å². The van der Waals surface area contributed by atoms with E-state index in [4.69, 9.17) is 5.73 Å². The Bertz CT molecular complexity index is 131. The molecule has 0 aromatic rings. The fourth-order valence-corrected chi connectivity index (χ4v) is 2.33. The zero-order valence-corrected chi connectivity index (χ0v) is 9.48. The summed E-state index contributed by atoms with van der Waals surface area (Å²) < 4.78 is 11.3. The molecular weight excluding hydrogens is 183 g/mol. The van der Waals surface area contributed by atoms with E-state index in [9.17, 15) is 4.57 Å². The maximum atomic E-state index is 11.3. The first-order valence-electron chi connectivity index (χ1n) is 5.14. The van der Waals surface area contributed by atoms with Crippen LogP contribution in [0.15, 0.2) is 0 Å². The molecule has 0 bridgehead atoms. The van der Waals surface area contributed by atoms with Gasteiger partial charge in [-0.15, -0.1) is 0 Å². The number of nitrogens with two attached hydrogens (primary N) is 1. The third kappa shape index (κ3) is 9.94. The summed E-state index contributed by atoms with van der Waals surface area (Å²) in [6, 6.07) is 0. The molecule has 0 aromatic heterocycles. The Balaban J connectivity index is 3.08. The van der Waals surface area contributed by atoms with Crippen LogP contribution in [0.5, 0.6) is 0 Å². The number of nitrogens with one attached hydrogen (secondary N) is 1. The topological polar surface area (TPSA) is 55.1 Å². The lowest BCUT2D eigenvalue weighted by Crippen LogP contribution is -2.16. The average molecular weight is 205 g/mol. The Kier molecular flexibility index (Phi) is 10.1. The van der Waals surface area contributed by atoms with E-state index in [-0.39, 0.29) is 0 Å². The summed E-state index contributed by atoms with van der Waals surface area (Å²) in [7, 11) is -0.977. The lowest BCUT2D eigenvalue weighted by Gasteiger charge is -1.97. The fourth-order valence-electron chi connectivity index (χ4n) is 1.06. The predicted molar refractivity (Wildman–Crippen MR) is 58.8 cm³/mol. The van der Waals surface area contributed by atoms with Gasteiger partial charge in [-0.05, 0) is 26.1 Å². The van der Waals surface area contributed by atoms with Crippen molar-refractivity contribution in [1.82, 2.24) is 5.32 Å². The van der Waals surface area contributed by atoms with Crippen LogP contribution in [0.25, 0.3) is 0 Å². The van der Waals surface area contributed by atoms with Crippen molar-refractivity contribution in [3.8, 4) is 0 Å². The molecule has 0 aliphatic heterocycles. The van der Waals surface area contributed by atoms with Crippen molar-refractivity contribution in [3.63, 3.8) is 0 Å². The summed E-state index contributed by atoms with van der Waals surface area (Å²) in [5.41, 5.74) is 5.33. The first-order chi connectivity index (χ1) is 6.31. The summed E-state index contributed by atoms with van der Waals surface area (Å²) in [5, 5.41) is 3.29. The standard InChI is InChI=1S/C9H22N2OP/c1-2-6-11-7-4-9-13(12)8-3-5-10/h11H,2-10H2,1H3/q+1. The Labute approximate surface area is 82.3 Å². The smallest absolute Gasteiger partial charge is 0.330 e. The van der Waals surface area contributed by atoms with Gasteiger partial charge in [-0.3, -0.25) is 0 Å². The van der Waals surface area contributed by atoms with E-state index in [1.54, 1.807) is 0 Å². The van der Waals surface area contributed by atoms with Crippen LogP contribution in [0.2, 0.25) is 0 Å². The van der Waals surface area contributed by atoms with Gasteiger partial charge in [0.15, 0.2) is 0 Å². The van der Waals surface area contributed by atoms with Gasteiger partial charge < -0.3 is 11.1 Å². The van der Waals surface area contributed by atoms with E-state index in [0.717, 1.165) is 38.3 Å². The lowest BCUT2D eigenvalue weighted by molar-refractivity contribution is 0.582. The van der Waals surface area contributed by atoms with Gasteiger partial charge in [0, 0.05) is 12.8 Å². The van der Waals surface area contributed by atoms with E-state index >= 15 is 0 Å². The highest BCUT2D eigenvalue weighted by molar-refractivity contribution is 7.44. The van der Waals surface area contributed by atoms with E-state index in [2.05, 4.69) is 12.2 Å². The molecule has 0 radical (unpaired) electrons. The Morgan fingerprint density at radius 3 is 2.54 bits per heavy atom. The normalized spacial score (nSPS) is 11.7. The van der Waals surface area contributed by atoms with Gasteiger partial charge in [-0.1, -0.05) is 11.5 Å². The van der Waals surface area contributed by atoms with Crippen molar-refractivity contribution >= 4 is 7.80 Å². The monoisotopic (exact) mass is 205 g/mol. The second-order valence-corrected chi connectivity index (χ2v) is 5.03. The number of hydrogen-bond acceptors (Lipinski definition) is 3. The minimum Gasteiger partial charge on any atom is -0.330 e. The van der Waals surface area contributed by atoms with Gasteiger partial charge >= 0.3 is 7.80 Å². The SMILES string of the molecule is CCCNCCC[P+](=O)CCCN. The minimum absolute atomic E-state index is 0.662. The third-order valence-electron chi connectivity index (χ3n) is 1.80. The summed E-state index contributed by atoms with van der Waals surface area (Å²) in [5.74, 6) is 0. The van der Waals surface area contributed by atoms with Crippen LogP contribution in [0.1, 0.15) is 26.2 Å². The van der Waals surface area contributed by atoms with Gasteiger partial charge in [-0.25, -0.2) is 0 Å². The van der Waals surface area contributed by atoms with Gasteiger partial charge in [0.25, 0.3) is 0 Å². The zero-order valence-electron chi connectivity index (χ0n) is 8.59. The first-order valence-corrected chi connectivity index (χ1v) is 6.77. The maximum absolute atomic E-state index is 11.3. The molecule has 0 saturated carbocycles. The van der Waals surface area contributed by atoms with Crippen molar-refractivity contribution in [2.75, 3.05) is 32.0 Å². The van der Waals surface area contributed by atoms with Crippen LogP contribution in [0.3, 0.4) is 0 Å². The van der Waals surface area contributed by atoms with E-state index in [0.29, 0.717) is 6.54 Å². The molecular formula is C9H22N2OP+. The molecule has 4 heteroatoms. The first kappa shape index (κ1) is 13.0. The number of rotatable bonds is 9. The quantitative estimate of drug-likeness (QED) is 0.443. The van der Waals surface area contributed by atoms with Crippen LogP contribution in [-0.4, -0.2) is 32.0 Å². The molecule has 1 unspecified atom stereocenters. The highest BCUT2D eigenvalue weighted by atomic mass is 31.1. The number of hydrogen-bond donors (Lipinski definition) is 2. The van der Waals surface area contributed by atoms with Crippen molar-refractivity contribution in [3.05, 3.63) is 0 Å². The molecule has 1 atom stereocenters. The summed E-state index contributed by atoms with van der Waals surface area (Å²) in [6.45, 7) is 4.88. The molecule has 3 nitrogen and oxygen atoms in total. The van der Waals surface area contributed by atoms with E-state index in [1.165, 1.54) is 6.42 Å². The molecule has 3 N–H and O–H groups in total. The van der Waals surface area contributed by atoms with Crippen LogP contribution in [-0.2, 0) is 4.57 Å². The molecule has 0 aliphatic rings. The molecule has 0 saturated heterocycles. The summed E-state index contributed by atoms with van der Waals surface area (Å²) in [6.07, 6.45) is 4.75. The molecule has 0 rings (SSSR count). The van der Waals surface area contributed by atoms with Gasteiger partial charge in [0.1, 0.15) is 12.3 Å². The third-order valence-corrected chi connectivity index (χ3v) is 3.43. The molecule has 0 aliphatic carbocycles. The maximum Gasteiger partial charge on any atom is 0.338 e. The molecule has 13 heavy (non-hydrogen) atoms. The molecule has 0 heterocycles. The second-order valence-electron chi connectivity index (χ2n) is 3.17. The van der Waals surface area contributed by atoms with Crippen molar-refractivity contribution < 1.29 is 4.57 Å². The van der Waals surface area contributed by atoms with Crippen LogP contribution >= 0.6 is 7.80 Å². The van der Waals surface area contributed by atoms with Crippen LogP contribution in [0, 0.1) is 0 Å². The highest BCUT2D eigenvalue weighted by Crippen LogP contribution is 2.21.